The zero-order chi connectivity index (χ0) is 21.5. The van der Waals surface area contributed by atoms with Crippen molar-refractivity contribution in [2.24, 2.45) is 0 Å². The standard InChI is InChI=1S/C22H25N3O5/c1-4-27-18-10-16(11-19(28-5-2)21(18)29-6-3)22(26)25-13-17(14-25)30-20-9-15(12-23)7-8-24-20/h7-11,17H,4-6,13-14H2,1-3H3. The Bertz CT molecular complexity index is 908. The first kappa shape index (κ1) is 21.2. The lowest BCUT2D eigenvalue weighted by Crippen LogP contribution is -2.56. The van der Waals surface area contributed by atoms with Crippen molar-refractivity contribution in [3.63, 3.8) is 0 Å². The fourth-order valence-electron chi connectivity index (χ4n) is 3.09. The summed E-state index contributed by atoms with van der Waals surface area (Å²) in [5.41, 5.74) is 0.946. The van der Waals surface area contributed by atoms with Gasteiger partial charge >= 0.3 is 0 Å². The number of nitriles is 1. The molecule has 2 heterocycles. The summed E-state index contributed by atoms with van der Waals surface area (Å²) >= 11 is 0. The monoisotopic (exact) mass is 411 g/mol. The molecule has 1 saturated heterocycles. The molecule has 0 spiro atoms. The lowest BCUT2D eigenvalue weighted by molar-refractivity contribution is 0.0159. The van der Waals surface area contributed by atoms with Crippen LogP contribution in [-0.4, -0.2) is 54.8 Å². The summed E-state index contributed by atoms with van der Waals surface area (Å²) < 4.78 is 22.8. The number of aromatic nitrogens is 1. The second-order valence-corrected chi connectivity index (χ2v) is 6.55. The number of nitrogens with zero attached hydrogens (tertiary/aromatic N) is 3. The maximum Gasteiger partial charge on any atom is 0.254 e. The fourth-order valence-corrected chi connectivity index (χ4v) is 3.09. The highest BCUT2D eigenvalue weighted by Gasteiger charge is 2.34. The molecule has 1 amide bonds. The van der Waals surface area contributed by atoms with Gasteiger partial charge in [-0.15, -0.1) is 0 Å². The normalized spacial score (nSPS) is 13.2. The predicted octanol–water partition coefficient (Wildman–Crippen LogP) is 3.05. The summed E-state index contributed by atoms with van der Waals surface area (Å²) in [5, 5.41) is 8.97. The van der Waals surface area contributed by atoms with E-state index in [1.54, 1.807) is 29.2 Å². The molecule has 0 bridgehead atoms. The summed E-state index contributed by atoms with van der Waals surface area (Å²) in [5.74, 6) is 1.72. The maximum absolute atomic E-state index is 13.0. The Morgan fingerprint density at radius 2 is 1.73 bits per heavy atom. The minimum absolute atomic E-state index is 0.140. The highest BCUT2D eigenvalue weighted by molar-refractivity contribution is 5.96. The summed E-state index contributed by atoms with van der Waals surface area (Å²) in [6.07, 6.45) is 1.36. The number of benzene rings is 1. The second kappa shape index (κ2) is 9.83. The number of hydrogen-bond donors (Lipinski definition) is 0. The Balaban J connectivity index is 1.71. The summed E-state index contributed by atoms with van der Waals surface area (Å²) in [6.45, 7) is 7.83. The van der Waals surface area contributed by atoms with Crippen LogP contribution in [0.4, 0.5) is 0 Å². The maximum atomic E-state index is 13.0. The van der Waals surface area contributed by atoms with Crippen LogP contribution in [0, 0.1) is 11.3 Å². The van der Waals surface area contributed by atoms with Crippen molar-refractivity contribution in [3.8, 4) is 29.2 Å². The average Bonchev–Trinajstić information content (AvgIpc) is 2.72. The Morgan fingerprint density at radius 3 is 2.30 bits per heavy atom. The lowest BCUT2D eigenvalue weighted by atomic mass is 10.1. The average molecular weight is 411 g/mol. The van der Waals surface area contributed by atoms with Crippen LogP contribution in [-0.2, 0) is 0 Å². The van der Waals surface area contributed by atoms with E-state index in [-0.39, 0.29) is 12.0 Å². The van der Waals surface area contributed by atoms with E-state index in [4.69, 9.17) is 24.2 Å². The minimum Gasteiger partial charge on any atom is -0.490 e. The number of pyridine rings is 1. The topological polar surface area (TPSA) is 93.9 Å². The summed E-state index contributed by atoms with van der Waals surface area (Å²) in [6, 6.07) is 8.62. The van der Waals surface area contributed by atoms with Crippen molar-refractivity contribution in [3.05, 3.63) is 41.6 Å². The van der Waals surface area contributed by atoms with Crippen LogP contribution in [0.2, 0.25) is 0 Å². The molecule has 3 rings (SSSR count). The van der Waals surface area contributed by atoms with E-state index < -0.39 is 0 Å². The molecule has 0 aliphatic carbocycles. The first-order chi connectivity index (χ1) is 14.6. The first-order valence-corrected chi connectivity index (χ1v) is 9.98. The largest absolute Gasteiger partial charge is 0.490 e. The number of ether oxygens (including phenoxy) is 4. The Labute approximate surface area is 175 Å². The van der Waals surface area contributed by atoms with Crippen molar-refractivity contribution in [1.82, 2.24) is 9.88 Å². The third-order valence-corrected chi connectivity index (χ3v) is 4.44. The molecule has 0 unspecified atom stereocenters. The van der Waals surface area contributed by atoms with Gasteiger partial charge in [0.15, 0.2) is 11.5 Å². The fraction of sp³-hybridized carbons (Fsp3) is 0.409. The van der Waals surface area contributed by atoms with Gasteiger partial charge in [0, 0.05) is 17.8 Å². The molecular weight excluding hydrogens is 386 g/mol. The Kier molecular flexibility index (Phi) is 6.96. The van der Waals surface area contributed by atoms with E-state index in [2.05, 4.69) is 11.1 Å². The van der Waals surface area contributed by atoms with Gasteiger partial charge in [-0.1, -0.05) is 0 Å². The van der Waals surface area contributed by atoms with E-state index in [9.17, 15) is 4.79 Å². The van der Waals surface area contributed by atoms with E-state index in [1.807, 2.05) is 20.8 Å². The molecule has 0 N–H and O–H groups in total. The molecule has 1 aliphatic rings. The van der Waals surface area contributed by atoms with Crippen molar-refractivity contribution in [2.45, 2.75) is 26.9 Å². The predicted molar refractivity (Wildman–Crippen MR) is 109 cm³/mol. The third-order valence-electron chi connectivity index (χ3n) is 4.44. The molecule has 2 aromatic rings. The van der Waals surface area contributed by atoms with Crippen molar-refractivity contribution < 1.29 is 23.7 Å². The third kappa shape index (κ3) is 4.74. The van der Waals surface area contributed by atoms with Crippen LogP contribution in [0.5, 0.6) is 23.1 Å². The number of amides is 1. The molecule has 158 valence electrons. The summed E-state index contributed by atoms with van der Waals surface area (Å²) in [7, 11) is 0. The van der Waals surface area contributed by atoms with Crippen LogP contribution in [0.25, 0.3) is 0 Å². The number of hydrogen-bond acceptors (Lipinski definition) is 7. The van der Waals surface area contributed by atoms with Gasteiger partial charge in [0.1, 0.15) is 6.10 Å². The van der Waals surface area contributed by atoms with Gasteiger partial charge in [-0.2, -0.15) is 5.26 Å². The van der Waals surface area contributed by atoms with E-state index in [0.717, 1.165) is 0 Å². The highest BCUT2D eigenvalue weighted by Crippen LogP contribution is 2.39. The van der Waals surface area contributed by atoms with Crippen molar-refractivity contribution in [1.29, 1.82) is 5.26 Å². The quantitative estimate of drug-likeness (QED) is 0.626. The molecule has 0 radical (unpaired) electrons. The van der Waals surface area contributed by atoms with Gasteiger partial charge < -0.3 is 23.8 Å². The molecular formula is C22H25N3O5. The first-order valence-electron chi connectivity index (χ1n) is 9.98. The van der Waals surface area contributed by atoms with Crippen molar-refractivity contribution >= 4 is 5.91 Å². The van der Waals surface area contributed by atoms with Crippen LogP contribution < -0.4 is 18.9 Å². The Hall–Kier alpha value is -3.47. The van der Waals surface area contributed by atoms with Crippen molar-refractivity contribution in [2.75, 3.05) is 32.9 Å². The molecule has 1 aromatic heterocycles. The Morgan fingerprint density at radius 1 is 1.10 bits per heavy atom. The van der Waals surface area contributed by atoms with Gasteiger partial charge in [0.2, 0.25) is 11.6 Å². The van der Waals surface area contributed by atoms with Gasteiger partial charge in [0.25, 0.3) is 5.91 Å². The van der Waals surface area contributed by atoms with Crippen LogP contribution in [0.3, 0.4) is 0 Å². The number of likely N-dealkylation sites (tertiary alicyclic amines) is 1. The molecule has 1 aromatic carbocycles. The van der Waals surface area contributed by atoms with Gasteiger partial charge in [0.05, 0.1) is 44.5 Å². The minimum atomic E-state index is -0.171. The molecule has 0 saturated carbocycles. The zero-order valence-electron chi connectivity index (χ0n) is 17.4. The molecule has 0 atom stereocenters. The number of carbonyl (C=O) groups excluding carboxylic acids is 1. The van der Waals surface area contributed by atoms with Crippen LogP contribution >= 0.6 is 0 Å². The summed E-state index contributed by atoms with van der Waals surface area (Å²) in [4.78, 5) is 18.8. The molecule has 8 nitrogen and oxygen atoms in total. The molecule has 8 heteroatoms. The smallest absolute Gasteiger partial charge is 0.254 e. The van der Waals surface area contributed by atoms with E-state index in [0.29, 0.717) is 67.2 Å². The van der Waals surface area contributed by atoms with Gasteiger partial charge in [-0.25, -0.2) is 4.98 Å². The lowest BCUT2D eigenvalue weighted by Gasteiger charge is -2.38. The second-order valence-electron chi connectivity index (χ2n) is 6.55. The number of rotatable bonds is 9. The van der Waals surface area contributed by atoms with Gasteiger partial charge in [-0.05, 0) is 39.0 Å². The zero-order valence-corrected chi connectivity index (χ0v) is 17.4. The number of carbonyl (C=O) groups is 1. The van der Waals surface area contributed by atoms with Gasteiger partial charge in [-0.3, -0.25) is 4.79 Å². The van der Waals surface area contributed by atoms with E-state index >= 15 is 0 Å². The van der Waals surface area contributed by atoms with Crippen LogP contribution in [0.15, 0.2) is 30.5 Å². The van der Waals surface area contributed by atoms with E-state index in [1.165, 1.54) is 6.20 Å². The SMILES string of the molecule is CCOc1cc(C(=O)N2CC(Oc3cc(C#N)ccn3)C2)cc(OCC)c1OCC. The van der Waals surface area contributed by atoms with Crippen LogP contribution in [0.1, 0.15) is 36.7 Å². The highest BCUT2D eigenvalue weighted by atomic mass is 16.5. The molecule has 1 aliphatic heterocycles. The molecule has 30 heavy (non-hydrogen) atoms. The molecule has 1 fully saturated rings.